The van der Waals surface area contributed by atoms with Crippen LogP contribution in [0, 0.1) is 12.3 Å². The third kappa shape index (κ3) is 5.79. The number of rotatable bonds is 5. The molecule has 0 aromatic carbocycles. The predicted molar refractivity (Wildman–Crippen MR) is 67.3 cm³/mol. The number of aromatic nitrogens is 2. The van der Waals surface area contributed by atoms with Gasteiger partial charge in [-0.25, -0.2) is 0 Å². The van der Waals surface area contributed by atoms with Crippen molar-refractivity contribution in [1.82, 2.24) is 9.78 Å². The highest BCUT2D eigenvalue weighted by Gasteiger charge is 2.29. The molecule has 0 aliphatic heterocycles. The monoisotopic (exact) mass is 337 g/mol. The quantitative estimate of drug-likeness (QED) is 0.663. The van der Waals surface area contributed by atoms with Gasteiger partial charge in [0.2, 0.25) is 5.91 Å². The molecule has 19 heavy (non-hydrogen) atoms. The van der Waals surface area contributed by atoms with Crippen LogP contribution >= 0.6 is 15.9 Å². The Morgan fingerprint density at radius 2 is 2.26 bits per heavy atom. The first-order valence-corrected chi connectivity index (χ1v) is 6.14. The number of carbonyl (C=O) groups excluding carboxylic acids is 1. The summed E-state index contributed by atoms with van der Waals surface area (Å²) in [6, 6.07) is 0. The molecule has 0 atom stereocenters. The van der Waals surface area contributed by atoms with E-state index in [4.69, 9.17) is 6.42 Å². The summed E-state index contributed by atoms with van der Waals surface area (Å²) in [6.45, 7) is -1.21. The van der Waals surface area contributed by atoms with E-state index in [9.17, 15) is 18.0 Å². The van der Waals surface area contributed by atoms with Crippen LogP contribution in [-0.2, 0) is 11.3 Å². The highest BCUT2D eigenvalue weighted by atomic mass is 79.9. The lowest BCUT2D eigenvalue weighted by Gasteiger charge is -2.05. The van der Waals surface area contributed by atoms with Gasteiger partial charge in [-0.05, 0) is 22.4 Å². The Morgan fingerprint density at radius 3 is 2.84 bits per heavy atom. The molecule has 1 N–H and O–H groups in total. The average molecular weight is 338 g/mol. The Balaban J connectivity index is 2.59. The van der Waals surface area contributed by atoms with Crippen molar-refractivity contribution in [3.05, 3.63) is 10.7 Å². The number of hydrogen-bond acceptors (Lipinski definition) is 2. The molecule has 0 aliphatic carbocycles. The van der Waals surface area contributed by atoms with E-state index in [1.165, 1.54) is 0 Å². The third-order valence-corrected chi connectivity index (χ3v) is 2.62. The zero-order chi connectivity index (χ0) is 14.5. The number of unbranched alkanes of at least 4 members (excludes halogenated alkanes) is 1. The Bertz CT molecular complexity index is 490. The second kappa shape index (κ2) is 6.61. The van der Waals surface area contributed by atoms with Crippen molar-refractivity contribution in [3.8, 4) is 12.3 Å². The van der Waals surface area contributed by atoms with Crippen LogP contribution in [0.1, 0.15) is 19.3 Å². The minimum Gasteiger partial charge on any atom is -0.308 e. The van der Waals surface area contributed by atoms with E-state index in [2.05, 4.69) is 32.3 Å². The van der Waals surface area contributed by atoms with Crippen LogP contribution in [0.4, 0.5) is 19.0 Å². The number of hydrogen-bond donors (Lipinski definition) is 1. The predicted octanol–water partition coefficient (Wildman–Crippen LogP) is 2.95. The number of carbonyl (C=O) groups is 1. The fourth-order valence-electron chi connectivity index (χ4n) is 1.29. The first-order chi connectivity index (χ1) is 8.81. The van der Waals surface area contributed by atoms with E-state index in [1.54, 1.807) is 0 Å². The average Bonchev–Trinajstić information content (AvgIpc) is 2.56. The van der Waals surface area contributed by atoms with Gasteiger partial charge in [-0.3, -0.25) is 9.48 Å². The van der Waals surface area contributed by atoms with Gasteiger partial charge in [0.15, 0.2) is 5.82 Å². The van der Waals surface area contributed by atoms with Crippen molar-refractivity contribution in [2.24, 2.45) is 0 Å². The van der Waals surface area contributed by atoms with Gasteiger partial charge in [-0.2, -0.15) is 18.3 Å². The Kier molecular flexibility index (Phi) is 5.42. The van der Waals surface area contributed by atoms with Gasteiger partial charge in [0, 0.05) is 19.0 Å². The van der Waals surface area contributed by atoms with Crippen molar-refractivity contribution in [1.29, 1.82) is 0 Å². The van der Waals surface area contributed by atoms with Gasteiger partial charge in [0.25, 0.3) is 0 Å². The molecule has 104 valence electrons. The van der Waals surface area contributed by atoms with Crippen LogP contribution in [-0.4, -0.2) is 21.9 Å². The summed E-state index contributed by atoms with van der Waals surface area (Å²) < 4.78 is 37.5. The third-order valence-electron chi connectivity index (χ3n) is 2.04. The van der Waals surface area contributed by atoms with E-state index in [0.29, 0.717) is 22.0 Å². The number of terminal acetylenes is 1. The molecular weight excluding hydrogens is 327 g/mol. The molecule has 0 bridgehead atoms. The summed E-state index contributed by atoms with van der Waals surface area (Å²) >= 11 is 3.04. The lowest BCUT2D eigenvalue weighted by molar-refractivity contribution is -0.142. The van der Waals surface area contributed by atoms with E-state index in [0.717, 1.165) is 6.20 Å². The fourth-order valence-corrected chi connectivity index (χ4v) is 1.71. The van der Waals surface area contributed by atoms with Crippen LogP contribution in [0.2, 0.25) is 0 Å². The summed E-state index contributed by atoms with van der Waals surface area (Å²) in [6.07, 6.45) is 3.02. The lowest BCUT2D eigenvalue weighted by Crippen LogP contribution is -2.18. The smallest absolute Gasteiger partial charge is 0.308 e. The number of amides is 1. The van der Waals surface area contributed by atoms with Gasteiger partial charge in [-0.15, -0.1) is 12.3 Å². The van der Waals surface area contributed by atoms with Gasteiger partial charge >= 0.3 is 6.18 Å². The molecular formula is C11H11BrF3N3O. The molecule has 0 fully saturated rings. The van der Waals surface area contributed by atoms with Gasteiger partial charge in [0.05, 0.1) is 4.47 Å². The second-order valence-corrected chi connectivity index (χ2v) is 4.60. The lowest BCUT2D eigenvalue weighted by atomic mass is 10.2. The van der Waals surface area contributed by atoms with Crippen molar-refractivity contribution in [2.45, 2.75) is 32.0 Å². The first-order valence-electron chi connectivity index (χ1n) is 5.35. The molecule has 8 heteroatoms. The van der Waals surface area contributed by atoms with Crippen LogP contribution in [0.5, 0.6) is 0 Å². The molecule has 1 heterocycles. The molecule has 1 aromatic rings. The zero-order valence-corrected chi connectivity index (χ0v) is 11.4. The molecule has 1 amide bonds. The highest BCUT2D eigenvalue weighted by molar-refractivity contribution is 9.10. The highest BCUT2D eigenvalue weighted by Crippen LogP contribution is 2.23. The molecule has 0 spiro atoms. The Labute approximate surface area is 116 Å². The summed E-state index contributed by atoms with van der Waals surface area (Å²) in [4.78, 5) is 11.5. The van der Waals surface area contributed by atoms with E-state index in [-0.39, 0.29) is 18.1 Å². The van der Waals surface area contributed by atoms with Crippen LogP contribution in [0.15, 0.2) is 10.7 Å². The summed E-state index contributed by atoms with van der Waals surface area (Å²) in [5.74, 6) is 2.12. The molecule has 0 saturated carbocycles. The van der Waals surface area contributed by atoms with Crippen LogP contribution in [0.3, 0.4) is 0 Å². The molecule has 0 aliphatic rings. The topological polar surface area (TPSA) is 46.9 Å². The van der Waals surface area contributed by atoms with E-state index < -0.39 is 12.7 Å². The van der Waals surface area contributed by atoms with E-state index in [1.807, 2.05) is 0 Å². The number of halogens is 4. The summed E-state index contributed by atoms with van der Waals surface area (Å²) in [5.41, 5.74) is 0. The van der Waals surface area contributed by atoms with Gasteiger partial charge in [0.1, 0.15) is 6.54 Å². The summed E-state index contributed by atoms with van der Waals surface area (Å²) in [5, 5.41) is 6.06. The van der Waals surface area contributed by atoms with Crippen molar-refractivity contribution in [3.63, 3.8) is 0 Å². The Morgan fingerprint density at radius 1 is 1.58 bits per heavy atom. The van der Waals surface area contributed by atoms with Crippen molar-refractivity contribution in [2.75, 3.05) is 5.32 Å². The minimum atomic E-state index is -4.36. The normalized spacial score (nSPS) is 11.1. The molecule has 4 nitrogen and oxygen atoms in total. The number of nitrogens with zero attached hydrogens (tertiary/aromatic N) is 2. The molecule has 1 rings (SSSR count). The van der Waals surface area contributed by atoms with Crippen molar-refractivity contribution >= 4 is 27.7 Å². The number of anilines is 1. The maximum Gasteiger partial charge on any atom is 0.408 e. The zero-order valence-electron chi connectivity index (χ0n) is 9.80. The largest absolute Gasteiger partial charge is 0.408 e. The van der Waals surface area contributed by atoms with Gasteiger partial charge in [-0.1, -0.05) is 0 Å². The summed E-state index contributed by atoms with van der Waals surface area (Å²) in [7, 11) is 0. The maximum atomic E-state index is 12.2. The SMILES string of the molecule is C#CCCCC(=O)Nc1nn(CC(F)(F)F)cc1Br. The first kappa shape index (κ1) is 15.6. The minimum absolute atomic E-state index is 0.0648. The van der Waals surface area contributed by atoms with Crippen LogP contribution < -0.4 is 5.32 Å². The molecule has 0 saturated heterocycles. The fraction of sp³-hybridized carbons (Fsp3) is 0.455. The van der Waals surface area contributed by atoms with Crippen molar-refractivity contribution < 1.29 is 18.0 Å². The molecule has 1 aromatic heterocycles. The molecule has 0 radical (unpaired) electrons. The Hall–Kier alpha value is -1.49. The second-order valence-electron chi connectivity index (χ2n) is 3.74. The standard InChI is InChI=1S/C11H11BrF3N3O/c1-2-3-4-5-9(19)16-10-8(12)6-18(17-10)7-11(13,14)15/h1,6H,3-5,7H2,(H,16,17,19). The molecule has 0 unspecified atom stereocenters. The van der Waals surface area contributed by atoms with Crippen LogP contribution in [0.25, 0.3) is 0 Å². The van der Waals surface area contributed by atoms with E-state index >= 15 is 0 Å². The number of nitrogens with one attached hydrogen (secondary N) is 1. The maximum absolute atomic E-state index is 12.2. The number of alkyl halides is 3. The van der Waals surface area contributed by atoms with Gasteiger partial charge < -0.3 is 5.32 Å².